The van der Waals surface area contributed by atoms with E-state index < -0.39 is 11.8 Å². The van der Waals surface area contributed by atoms with Crippen LogP contribution in [0.4, 0.5) is 5.82 Å². The molecular formula is C24H22N8O2S. The number of aryl methyl sites for hydroxylation is 2. The number of nitrogens with one attached hydrogen (secondary N) is 2. The maximum atomic E-state index is 13.1. The van der Waals surface area contributed by atoms with Gasteiger partial charge in [0.15, 0.2) is 0 Å². The topological polar surface area (TPSA) is 119 Å². The summed E-state index contributed by atoms with van der Waals surface area (Å²) >= 11 is 1.55. The summed E-state index contributed by atoms with van der Waals surface area (Å²) in [5.74, 6) is -0.142. The second-order valence-electron chi connectivity index (χ2n) is 7.77. The van der Waals surface area contributed by atoms with E-state index in [1.54, 1.807) is 35.0 Å². The van der Waals surface area contributed by atoms with E-state index in [1.165, 1.54) is 10.9 Å². The molecule has 0 fully saturated rings. The van der Waals surface area contributed by atoms with Crippen LogP contribution in [0.15, 0.2) is 60.4 Å². The molecule has 0 atom stereocenters. The molecule has 0 bridgehead atoms. The van der Waals surface area contributed by atoms with Gasteiger partial charge in [0, 0.05) is 30.4 Å². The fourth-order valence-electron chi connectivity index (χ4n) is 3.60. The number of carbonyl (C=O) groups is 2. The normalized spacial score (nSPS) is 11.0. The van der Waals surface area contributed by atoms with Crippen LogP contribution in [-0.4, -0.2) is 40.9 Å². The van der Waals surface area contributed by atoms with Gasteiger partial charge in [0.2, 0.25) is 5.78 Å². The van der Waals surface area contributed by atoms with Crippen LogP contribution in [0.25, 0.3) is 17.0 Å². The molecule has 35 heavy (non-hydrogen) atoms. The summed E-state index contributed by atoms with van der Waals surface area (Å²) in [6, 6.07) is 11.4. The number of rotatable bonds is 7. The monoisotopic (exact) mass is 486 g/mol. The smallest absolute Gasteiger partial charge is 0.275 e. The lowest BCUT2D eigenvalue weighted by molar-refractivity contribution is 0.0935. The zero-order valence-corrected chi connectivity index (χ0v) is 19.9. The first-order valence-electron chi connectivity index (χ1n) is 11.0. The molecular weight excluding hydrogens is 464 g/mol. The van der Waals surface area contributed by atoms with Crippen LogP contribution in [0, 0.1) is 0 Å². The molecule has 1 aromatic carbocycles. The molecule has 5 aromatic rings. The van der Waals surface area contributed by atoms with E-state index >= 15 is 0 Å². The number of benzene rings is 1. The molecule has 5 rings (SSSR count). The third-order valence-electron chi connectivity index (χ3n) is 5.37. The Morgan fingerprint density at radius 2 is 1.89 bits per heavy atom. The number of nitrogens with zero attached hydrogens (tertiary/aromatic N) is 6. The van der Waals surface area contributed by atoms with Crippen LogP contribution in [-0.2, 0) is 20.0 Å². The molecule has 0 aliphatic carbocycles. The van der Waals surface area contributed by atoms with Gasteiger partial charge >= 0.3 is 0 Å². The van der Waals surface area contributed by atoms with E-state index in [9.17, 15) is 9.59 Å². The molecule has 11 heteroatoms. The lowest BCUT2D eigenvalue weighted by atomic mass is 10.2. The van der Waals surface area contributed by atoms with E-state index in [-0.39, 0.29) is 17.8 Å². The minimum Gasteiger partial charge on any atom is -0.346 e. The van der Waals surface area contributed by atoms with Crippen molar-refractivity contribution in [2.45, 2.75) is 19.9 Å². The first-order valence-corrected chi connectivity index (χ1v) is 11.9. The Morgan fingerprint density at radius 1 is 1.06 bits per heavy atom. The van der Waals surface area contributed by atoms with Crippen LogP contribution >= 0.6 is 11.3 Å². The van der Waals surface area contributed by atoms with Crippen molar-refractivity contribution in [1.82, 2.24) is 34.4 Å². The van der Waals surface area contributed by atoms with Gasteiger partial charge in [-0.2, -0.15) is 10.1 Å². The van der Waals surface area contributed by atoms with Gasteiger partial charge in [-0.15, -0.1) is 11.3 Å². The third-order valence-corrected chi connectivity index (χ3v) is 6.41. The van der Waals surface area contributed by atoms with Crippen molar-refractivity contribution in [2.75, 3.05) is 5.32 Å². The van der Waals surface area contributed by atoms with Crippen molar-refractivity contribution >= 4 is 34.7 Å². The molecule has 4 heterocycles. The van der Waals surface area contributed by atoms with E-state index in [4.69, 9.17) is 0 Å². The van der Waals surface area contributed by atoms with E-state index in [0.717, 1.165) is 28.4 Å². The number of hydrogen-bond donors (Lipinski definition) is 2. The zero-order chi connectivity index (χ0) is 24.4. The quantitative estimate of drug-likeness (QED) is 0.364. The fourth-order valence-corrected chi connectivity index (χ4v) is 4.34. The van der Waals surface area contributed by atoms with Gasteiger partial charge in [0.1, 0.15) is 11.5 Å². The van der Waals surface area contributed by atoms with Crippen LogP contribution in [0.3, 0.4) is 0 Å². The SMILES string of the molecule is CCc1nc(CNC(=O)c2cnn(C)c2C(=O)Nc2ccn3cc(-c4ccccc4)nc3n2)cs1. The molecule has 0 spiro atoms. The Balaban J connectivity index is 1.32. The molecule has 0 aliphatic heterocycles. The van der Waals surface area contributed by atoms with Gasteiger partial charge < -0.3 is 10.6 Å². The third kappa shape index (κ3) is 4.66. The molecule has 2 N–H and O–H groups in total. The van der Waals surface area contributed by atoms with Crippen molar-refractivity contribution in [3.63, 3.8) is 0 Å². The molecule has 10 nitrogen and oxygen atoms in total. The number of aromatic nitrogens is 6. The summed E-state index contributed by atoms with van der Waals surface area (Å²) in [6.45, 7) is 2.30. The minimum atomic E-state index is -0.497. The Bertz CT molecular complexity index is 1520. The van der Waals surface area contributed by atoms with Crippen LogP contribution in [0.1, 0.15) is 38.5 Å². The van der Waals surface area contributed by atoms with Crippen LogP contribution < -0.4 is 10.6 Å². The number of fused-ring (bicyclic) bond motifs is 1. The van der Waals surface area contributed by atoms with E-state index in [2.05, 4.69) is 30.7 Å². The highest BCUT2D eigenvalue weighted by atomic mass is 32.1. The first-order chi connectivity index (χ1) is 17.0. The van der Waals surface area contributed by atoms with Crippen molar-refractivity contribution in [2.24, 2.45) is 7.05 Å². The Hall–Kier alpha value is -4.38. The van der Waals surface area contributed by atoms with Crippen LogP contribution in [0.5, 0.6) is 0 Å². The highest BCUT2D eigenvalue weighted by Gasteiger charge is 2.23. The lowest BCUT2D eigenvalue weighted by Crippen LogP contribution is -2.27. The predicted octanol–water partition coefficient (Wildman–Crippen LogP) is 3.33. The average molecular weight is 487 g/mol. The Labute approximate surface area is 204 Å². The number of amides is 2. The standard InChI is InChI=1S/C24H22N8O2S/c1-3-20-27-16(14-35-20)11-25-22(33)17-12-26-31(2)21(17)23(34)29-19-9-10-32-13-18(28-24(32)30-19)15-7-5-4-6-8-15/h4-10,12-14H,3,11H2,1-2H3,(H,25,33)(H,28,29,30,34). The van der Waals surface area contributed by atoms with Gasteiger partial charge in [-0.1, -0.05) is 37.3 Å². The highest BCUT2D eigenvalue weighted by Crippen LogP contribution is 2.19. The van der Waals surface area contributed by atoms with Gasteiger partial charge in [-0.05, 0) is 12.5 Å². The molecule has 176 valence electrons. The summed E-state index contributed by atoms with van der Waals surface area (Å²) in [5.41, 5.74) is 2.83. The van der Waals surface area contributed by atoms with Crippen LogP contribution in [0.2, 0.25) is 0 Å². The summed E-state index contributed by atoms with van der Waals surface area (Å²) in [6.07, 6.45) is 5.86. The summed E-state index contributed by atoms with van der Waals surface area (Å²) in [4.78, 5) is 39.3. The maximum absolute atomic E-state index is 13.1. The second-order valence-corrected chi connectivity index (χ2v) is 8.71. The average Bonchev–Trinajstić information content (AvgIpc) is 3.60. The molecule has 0 radical (unpaired) electrons. The van der Waals surface area contributed by atoms with Gasteiger partial charge in [-0.25, -0.2) is 9.97 Å². The van der Waals surface area contributed by atoms with Crippen molar-refractivity contribution < 1.29 is 9.59 Å². The summed E-state index contributed by atoms with van der Waals surface area (Å²) in [7, 11) is 1.61. The summed E-state index contributed by atoms with van der Waals surface area (Å²) in [5, 5.41) is 12.6. The van der Waals surface area contributed by atoms with Crippen molar-refractivity contribution in [3.8, 4) is 11.3 Å². The molecule has 0 unspecified atom stereocenters. The lowest BCUT2D eigenvalue weighted by Gasteiger charge is -2.08. The molecule has 0 saturated carbocycles. The largest absolute Gasteiger partial charge is 0.346 e. The number of carbonyl (C=O) groups excluding carboxylic acids is 2. The zero-order valence-electron chi connectivity index (χ0n) is 19.1. The second kappa shape index (κ2) is 9.47. The van der Waals surface area contributed by atoms with Crippen molar-refractivity contribution in [1.29, 1.82) is 0 Å². The molecule has 4 aromatic heterocycles. The number of anilines is 1. The fraction of sp³-hybridized carbons (Fsp3) is 0.167. The molecule has 2 amide bonds. The maximum Gasteiger partial charge on any atom is 0.275 e. The van der Waals surface area contributed by atoms with Gasteiger partial charge in [-0.3, -0.25) is 18.7 Å². The number of hydrogen-bond acceptors (Lipinski definition) is 7. The van der Waals surface area contributed by atoms with Gasteiger partial charge in [0.25, 0.3) is 11.8 Å². The predicted molar refractivity (Wildman–Crippen MR) is 132 cm³/mol. The molecule has 0 saturated heterocycles. The number of thiazole rings is 1. The first kappa shape index (κ1) is 22.4. The Morgan fingerprint density at radius 3 is 2.66 bits per heavy atom. The number of imidazole rings is 1. The molecule has 0 aliphatic rings. The van der Waals surface area contributed by atoms with Crippen molar-refractivity contribution in [3.05, 3.63) is 82.3 Å². The Kier molecular flexibility index (Phi) is 6.06. The highest BCUT2D eigenvalue weighted by molar-refractivity contribution is 7.09. The summed E-state index contributed by atoms with van der Waals surface area (Å²) < 4.78 is 3.15. The minimum absolute atomic E-state index is 0.130. The van der Waals surface area contributed by atoms with Gasteiger partial charge in [0.05, 0.1) is 34.7 Å². The van der Waals surface area contributed by atoms with E-state index in [1.807, 2.05) is 48.8 Å². The van der Waals surface area contributed by atoms with E-state index in [0.29, 0.717) is 11.6 Å².